The van der Waals surface area contributed by atoms with E-state index >= 15 is 0 Å². The number of ether oxygens (including phenoxy) is 1. The number of benzene rings is 2. The summed E-state index contributed by atoms with van der Waals surface area (Å²) in [5.41, 5.74) is 3.65. The summed E-state index contributed by atoms with van der Waals surface area (Å²) in [6.45, 7) is 0.422. The smallest absolute Gasteiger partial charge is 0.319 e. The Morgan fingerprint density at radius 3 is 2.78 bits per heavy atom. The van der Waals surface area contributed by atoms with Crippen molar-refractivity contribution in [2.75, 3.05) is 12.4 Å². The van der Waals surface area contributed by atoms with Gasteiger partial charge in [0, 0.05) is 24.8 Å². The minimum Gasteiger partial charge on any atom is -0.390 e. The topological polar surface area (TPSA) is 70.6 Å². The minimum absolute atomic E-state index is 0.339. The highest BCUT2D eigenvalue weighted by Crippen LogP contribution is 2.31. The third-order valence-corrected chi connectivity index (χ3v) is 4.06. The van der Waals surface area contributed by atoms with E-state index in [9.17, 15) is 9.90 Å². The monoisotopic (exact) mass is 312 g/mol. The lowest BCUT2D eigenvalue weighted by molar-refractivity contribution is 0.144. The van der Waals surface area contributed by atoms with E-state index in [0.29, 0.717) is 18.7 Å². The second-order valence-electron chi connectivity index (χ2n) is 5.64. The number of hydrogen-bond donors (Lipinski definition) is 3. The van der Waals surface area contributed by atoms with Crippen molar-refractivity contribution < 1.29 is 14.6 Å². The molecule has 0 saturated heterocycles. The predicted molar refractivity (Wildman–Crippen MR) is 88.2 cm³/mol. The first-order valence-corrected chi connectivity index (χ1v) is 7.59. The van der Waals surface area contributed by atoms with Crippen LogP contribution in [0.5, 0.6) is 0 Å². The zero-order valence-electron chi connectivity index (χ0n) is 13.0. The Morgan fingerprint density at radius 2 is 1.96 bits per heavy atom. The molecule has 3 rings (SSSR count). The number of rotatable bonds is 4. The van der Waals surface area contributed by atoms with Crippen LogP contribution >= 0.6 is 0 Å². The Hall–Kier alpha value is -2.37. The van der Waals surface area contributed by atoms with Crippen LogP contribution in [0.3, 0.4) is 0 Å². The van der Waals surface area contributed by atoms with Crippen molar-refractivity contribution in [3.05, 3.63) is 65.2 Å². The summed E-state index contributed by atoms with van der Waals surface area (Å²) in [6, 6.07) is 14.5. The van der Waals surface area contributed by atoms with Crippen molar-refractivity contribution in [1.82, 2.24) is 5.32 Å². The number of urea groups is 1. The van der Waals surface area contributed by atoms with Gasteiger partial charge in [0.2, 0.25) is 0 Å². The molecule has 3 N–H and O–H groups in total. The summed E-state index contributed by atoms with van der Waals surface area (Å²) in [4.78, 5) is 12.3. The van der Waals surface area contributed by atoms with Crippen molar-refractivity contribution in [1.29, 1.82) is 0 Å². The Labute approximate surface area is 135 Å². The number of hydrogen-bond acceptors (Lipinski definition) is 3. The van der Waals surface area contributed by atoms with Gasteiger partial charge in [-0.15, -0.1) is 0 Å². The fraction of sp³-hybridized carbons (Fsp3) is 0.278. The first-order chi connectivity index (χ1) is 11.2. The van der Waals surface area contributed by atoms with E-state index in [0.717, 1.165) is 16.7 Å². The number of nitrogens with one attached hydrogen (secondary N) is 2. The summed E-state index contributed by atoms with van der Waals surface area (Å²) < 4.78 is 5.14. The average Bonchev–Trinajstić information content (AvgIpc) is 2.85. The standard InChI is InChI=1S/C18H20N2O3/c1-23-11-13-7-3-5-9-15(13)19-18(22)20-17-14-8-4-2-6-12(14)10-16(17)21/h2-9,16-17,21H,10-11H2,1H3,(H2,19,20,22)/t16-,17+/m1/s1. The first-order valence-electron chi connectivity index (χ1n) is 7.59. The highest BCUT2D eigenvalue weighted by Gasteiger charge is 2.31. The van der Waals surface area contributed by atoms with Crippen LogP contribution in [0.15, 0.2) is 48.5 Å². The Morgan fingerprint density at radius 1 is 1.22 bits per heavy atom. The number of fused-ring (bicyclic) bond motifs is 1. The molecule has 0 unspecified atom stereocenters. The third kappa shape index (κ3) is 3.36. The Kier molecular flexibility index (Phi) is 4.60. The molecule has 0 aliphatic heterocycles. The Balaban J connectivity index is 1.71. The number of aliphatic hydroxyl groups is 1. The molecule has 0 bridgehead atoms. The van der Waals surface area contributed by atoms with Gasteiger partial charge in [0.05, 0.1) is 18.8 Å². The van der Waals surface area contributed by atoms with E-state index in [4.69, 9.17) is 4.74 Å². The largest absolute Gasteiger partial charge is 0.390 e. The zero-order chi connectivity index (χ0) is 16.2. The van der Waals surface area contributed by atoms with Gasteiger partial charge >= 0.3 is 6.03 Å². The fourth-order valence-corrected chi connectivity index (χ4v) is 2.97. The molecule has 0 fully saturated rings. The SMILES string of the molecule is COCc1ccccc1NC(=O)N[C@H]1c2ccccc2C[C@H]1O. The average molecular weight is 312 g/mol. The van der Waals surface area contributed by atoms with Gasteiger partial charge in [0.25, 0.3) is 0 Å². The predicted octanol–water partition coefficient (Wildman–Crippen LogP) is 2.61. The number of carbonyl (C=O) groups is 1. The van der Waals surface area contributed by atoms with Crippen LogP contribution in [-0.2, 0) is 17.8 Å². The Bertz CT molecular complexity index is 702. The second-order valence-corrected chi connectivity index (χ2v) is 5.64. The van der Waals surface area contributed by atoms with Crippen LogP contribution in [0.4, 0.5) is 10.5 Å². The van der Waals surface area contributed by atoms with Gasteiger partial charge in [-0.1, -0.05) is 42.5 Å². The van der Waals surface area contributed by atoms with Crippen LogP contribution in [-0.4, -0.2) is 24.4 Å². The lowest BCUT2D eigenvalue weighted by atomic mass is 10.1. The van der Waals surface area contributed by atoms with Crippen LogP contribution in [0.1, 0.15) is 22.7 Å². The van der Waals surface area contributed by atoms with Crippen molar-refractivity contribution in [2.45, 2.75) is 25.2 Å². The summed E-state index contributed by atoms with van der Waals surface area (Å²) in [5.74, 6) is 0. The van der Waals surface area contributed by atoms with Crippen LogP contribution < -0.4 is 10.6 Å². The quantitative estimate of drug-likeness (QED) is 0.813. The normalized spacial score (nSPS) is 19.2. The van der Waals surface area contributed by atoms with Gasteiger partial charge in [-0.3, -0.25) is 0 Å². The van der Waals surface area contributed by atoms with E-state index in [1.165, 1.54) is 0 Å². The molecule has 1 aliphatic carbocycles. The van der Waals surface area contributed by atoms with Gasteiger partial charge in [-0.25, -0.2) is 4.79 Å². The van der Waals surface area contributed by atoms with E-state index in [1.807, 2.05) is 48.5 Å². The fourth-order valence-electron chi connectivity index (χ4n) is 2.97. The van der Waals surface area contributed by atoms with E-state index < -0.39 is 6.10 Å². The van der Waals surface area contributed by atoms with Gasteiger partial charge in [-0.05, 0) is 17.2 Å². The maximum absolute atomic E-state index is 12.3. The molecule has 0 saturated carbocycles. The molecule has 0 radical (unpaired) electrons. The molecule has 1 aliphatic rings. The lowest BCUT2D eigenvalue weighted by Crippen LogP contribution is -2.37. The van der Waals surface area contributed by atoms with Gasteiger partial charge in [-0.2, -0.15) is 0 Å². The third-order valence-electron chi connectivity index (χ3n) is 4.06. The van der Waals surface area contributed by atoms with Gasteiger partial charge in [0.1, 0.15) is 0 Å². The maximum Gasteiger partial charge on any atom is 0.319 e. The van der Waals surface area contributed by atoms with Crippen molar-refractivity contribution in [3.63, 3.8) is 0 Å². The van der Waals surface area contributed by atoms with Crippen molar-refractivity contribution in [3.8, 4) is 0 Å². The highest BCUT2D eigenvalue weighted by atomic mass is 16.5. The van der Waals surface area contributed by atoms with Gasteiger partial charge in [0.15, 0.2) is 0 Å². The number of amides is 2. The molecule has 2 aromatic carbocycles. The molecule has 120 valence electrons. The molecule has 2 aromatic rings. The van der Waals surface area contributed by atoms with Crippen LogP contribution in [0, 0.1) is 0 Å². The van der Waals surface area contributed by atoms with E-state index in [-0.39, 0.29) is 12.1 Å². The maximum atomic E-state index is 12.3. The van der Waals surface area contributed by atoms with E-state index in [2.05, 4.69) is 10.6 Å². The summed E-state index contributed by atoms with van der Waals surface area (Å²) >= 11 is 0. The van der Waals surface area contributed by atoms with Crippen LogP contribution in [0.25, 0.3) is 0 Å². The molecule has 23 heavy (non-hydrogen) atoms. The molecule has 0 heterocycles. The van der Waals surface area contributed by atoms with Crippen molar-refractivity contribution in [2.24, 2.45) is 0 Å². The van der Waals surface area contributed by atoms with Crippen molar-refractivity contribution >= 4 is 11.7 Å². The summed E-state index contributed by atoms with van der Waals surface area (Å²) in [5, 5.41) is 15.9. The first kappa shape index (κ1) is 15.5. The highest BCUT2D eigenvalue weighted by molar-refractivity contribution is 5.90. The molecule has 5 nitrogen and oxygen atoms in total. The molecule has 5 heteroatoms. The minimum atomic E-state index is -0.604. The second kappa shape index (κ2) is 6.81. The molecular formula is C18H20N2O3. The lowest BCUT2D eigenvalue weighted by Gasteiger charge is -2.19. The zero-order valence-corrected chi connectivity index (χ0v) is 13.0. The number of anilines is 1. The molecule has 2 atom stereocenters. The van der Waals surface area contributed by atoms with Gasteiger partial charge < -0.3 is 20.5 Å². The number of carbonyl (C=O) groups excluding carboxylic acids is 1. The molecule has 0 spiro atoms. The summed E-state index contributed by atoms with van der Waals surface area (Å²) in [7, 11) is 1.61. The number of aliphatic hydroxyl groups excluding tert-OH is 1. The summed E-state index contributed by atoms with van der Waals surface area (Å²) in [6.07, 6.45) is -0.0474. The molecule has 2 amide bonds. The molecule has 0 aromatic heterocycles. The van der Waals surface area contributed by atoms with Crippen LogP contribution in [0.2, 0.25) is 0 Å². The van der Waals surface area contributed by atoms with E-state index in [1.54, 1.807) is 7.11 Å². The molecular weight excluding hydrogens is 292 g/mol. The number of methoxy groups -OCH3 is 1. The number of para-hydroxylation sites is 1.